The van der Waals surface area contributed by atoms with E-state index in [0.29, 0.717) is 25.2 Å². The summed E-state index contributed by atoms with van der Waals surface area (Å²) in [6.07, 6.45) is 0.835. The fourth-order valence-electron chi connectivity index (χ4n) is 2.56. The number of hydrogen-bond donors (Lipinski definition) is 1. The Morgan fingerprint density at radius 1 is 1.38 bits per heavy atom. The van der Waals surface area contributed by atoms with E-state index in [1.165, 1.54) is 16.4 Å². The van der Waals surface area contributed by atoms with Gasteiger partial charge >= 0.3 is 0 Å². The third kappa shape index (κ3) is 3.26. The zero-order chi connectivity index (χ0) is 15.6. The summed E-state index contributed by atoms with van der Waals surface area (Å²) in [5.41, 5.74) is 0.385. The molecule has 1 unspecified atom stereocenters. The Balaban J connectivity index is 2.34. The minimum Gasteiger partial charge on any atom is -0.392 e. The van der Waals surface area contributed by atoms with E-state index >= 15 is 0 Å². The van der Waals surface area contributed by atoms with Crippen molar-refractivity contribution < 1.29 is 17.9 Å². The van der Waals surface area contributed by atoms with Crippen LogP contribution < -0.4 is 0 Å². The Morgan fingerprint density at radius 2 is 2.10 bits per heavy atom. The molecule has 1 saturated heterocycles. The maximum absolute atomic E-state index is 13.9. The molecule has 1 aliphatic rings. The monoisotopic (exact) mass is 316 g/mol. The first kappa shape index (κ1) is 16.4. The molecule has 21 heavy (non-hydrogen) atoms. The second-order valence-corrected chi connectivity index (χ2v) is 7.23. The minimum atomic E-state index is -3.87. The molecule has 7 heteroatoms. The van der Waals surface area contributed by atoms with Crippen molar-refractivity contribution in [3.05, 3.63) is 29.6 Å². The van der Waals surface area contributed by atoms with E-state index in [9.17, 15) is 12.8 Å². The summed E-state index contributed by atoms with van der Waals surface area (Å²) >= 11 is 0. The van der Waals surface area contributed by atoms with Crippen molar-refractivity contribution in [1.29, 1.82) is 0 Å². The average molecular weight is 316 g/mol. The lowest BCUT2D eigenvalue weighted by molar-refractivity contribution is 0.144. The molecule has 118 valence electrons. The van der Waals surface area contributed by atoms with Crippen LogP contribution in [0, 0.1) is 5.82 Å². The van der Waals surface area contributed by atoms with E-state index in [4.69, 9.17) is 5.11 Å². The number of likely N-dealkylation sites (N-methyl/N-ethyl adjacent to an activating group) is 1. The van der Waals surface area contributed by atoms with E-state index in [1.807, 2.05) is 14.0 Å². The van der Waals surface area contributed by atoms with Gasteiger partial charge in [0.1, 0.15) is 10.7 Å². The quantitative estimate of drug-likeness (QED) is 0.901. The zero-order valence-corrected chi connectivity index (χ0v) is 13.1. The molecule has 1 heterocycles. The van der Waals surface area contributed by atoms with Gasteiger partial charge in [-0.15, -0.1) is 0 Å². The molecule has 5 nitrogen and oxygen atoms in total. The Morgan fingerprint density at radius 3 is 2.71 bits per heavy atom. The van der Waals surface area contributed by atoms with Crippen LogP contribution in [0.3, 0.4) is 0 Å². The van der Waals surface area contributed by atoms with Crippen molar-refractivity contribution in [1.82, 2.24) is 9.21 Å². The second-order valence-electron chi connectivity index (χ2n) is 5.33. The molecule has 0 saturated carbocycles. The summed E-state index contributed by atoms with van der Waals surface area (Å²) in [4.78, 5) is 1.76. The molecule has 1 aromatic rings. The fourth-order valence-corrected chi connectivity index (χ4v) is 4.14. The van der Waals surface area contributed by atoms with Crippen molar-refractivity contribution in [2.45, 2.75) is 30.9 Å². The Hall–Kier alpha value is -1.02. The third-order valence-corrected chi connectivity index (χ3v) is 5.89. The number of halogens is 1. The van der Waals surface area contributed by atoms with Crippen molar-refractivity contribution in [3.8, 4) is 0 Å². The van der Waals surface area contributed by atoms with E-state index in [0.717, 1.165) is 12.5 Å². The summed E-state index contributed by atoms with van der Waals surface area (Å²) in [6.45, 7) is 3.02. The highest BCUT2D eigenvalue weighted by molar-refractivity contribution is 7.89. The van der Waals surface area contributed by atoms with Gasteiger partial charge in [0.15, 0.2) is 0 Å². The Labute approximate surface area is 125 Å². The predicted molar refractivity (Wildman–Crippen MR) is 77.8 cm³/mol. The molecule has 1 N–H and O–H groups in total. The van der Waals surface area contributed by atoms with Gasteiger partial charge in [0.05, 0.1) is 6.61 Å². The van der Waals surface area contributed by atoms with Crippen LogP contribution >= 0.6 is 0 Å². The van der Waals surface area contributed by atoms with Crippen LogP contribution in [0.2, 0.25) is 0 Å². The van der Waals surface area contributed by atoms with Crippen molar-refractivity contribution in [3.63, 3.8) is 0 Å². The highest BCUT2D eigenvalue weighted by Gasteiger charge is 2.33. The largest absolute Gasteiger partial charge is 0.392 e. The van der Waals surface area contributed by atoms with Gasteiger partial charge in [0, 0.05) is 25.7 Å². The highest BCUT2D eigenvalue weighted by Crippen LogP contribution is 2.24. The lowest BCUT2D eigenvalue weighted by Crippen LogP contribution is -2.52. The van der Waals surface area contributed by atoms with E-state index in [2.05, 4.69) is 4.90 Å². The summed E-state index contributed by atoms with van der Waals surface area (Å²) < 4.78 is 40.5. The van der Waals surface area contributed by atoms with Gasteiger partial charge in [-0.2, -0.15) is 4.31 Å². The molecule has 1 aromatic carbocycles. The van der Waals surface area contributed by atoms with Crippen LogP contribution in [0.25, 0.3) is 0 Å². The maximum atomic E-state index is 13.9. The molecular formula is C14H21FN2O3S. The molecular weight excluding hydrogens is 295 g/mol. The predicted octanol–water partition coefficient (Wildman–Crippen LogP) is 1.03. The Bertz CT molecular complexity index is 606. The van der Waals surface area contributed by atoms with Gasteiger partial charge < -0.3 is 10.0 Å². The number of aliphatic hydroxyl groups is 1. The highest BCUT2D eigenvalue weighted by atomic mass is 32.2. The zero-order valence-electron chi connectivity index (χ0n) is 12.3. The normalized spacial score (nSPS) is 21.6. The third-order valence-electron chi connectivity index (χ3n) is 4.01. The molecule has 0 aromatic heterocycles. The van der Waals surface area contributed by atoms with Gasteiger partial charge in [-0.25, -0.2) is 12.8 Å². The number of benzene rings is 1. The molecule has 1 aliphatic heterocycles. The molecule has 1 atom stereocenters. The van der Waals surface area contributed by atoms with Crippen molar-refractivity contribution >= 4 is 10.0 Å². The number of hydrogen-bond acceptors (Lipinski definition) is 4. The fraction of sp³-hybridized carbons (Fsp3) is 0.571. The van der Waals surface area contributed by atoms with Crippen molar-refractivity contribution in [2.75, 3.05) is 26.7 Å². The molecule has 0 spiro atoms. The van der Waals surface area contributed by atoms with Gasteiger partial charge in [-0.1, -0.05) is 13.0 Å². The molecule has 1 fully saturated rings. The number of aliphatic hydroxyl groups excluding tert-OH is 1. The smallest absolute Gasteiger partial charge is 0.246 e. The summed E-state index contributed by atoms with van der Waals surface area (Å²) in [6, 6.07) is 3.82. The minimum absolute atomic E-state index is 0.137. The van der Waals surface area contributed by atoms with Crippen LogP contribution in [0.15, 0.2) is 23.1 Å². The van der Waals surface area contributed by atoms with E-state index in [1.54, 1.807) is 0 Å². The molecule has 0 amide bonds. The van der Waals surface area contributed by atoms with Gasteiger partial charge in [-0.05, 0) is 31.2 Å². The molecule has 0 aliphatic carbocycles. The number of rotatable bonds is 4. The first-order valence-electron chi connectivity index (χ1n) is 6.99. The van der Waals surface area contributed by atoms with E-state index < -0.39 is 15.8 Å². The van der Waals surface area contributed by atoms with Crippen LogP contribution in [0.4, 0.5) is 4.39 Å². The van der Waals surface area contributed by atoms with Crippen LogP contribution in [-0.2, 0) is 16.6 Å². The number of piperazine rings is 1. The van der Waals surface area contributed by atoms with Gasteiger partial charge in [-0.3, -0.25) is 0 Å². The van der Waals surface area contributed by atoms with Crippen LogP contribution in [0.5, 0.6) is 0 Å². The van der Waals surface area contributed by atoms with E-state index in [-0.39, 0.29) is 17.5 Å². The van der Waals surface area contributed by atoms with Gasteiger partial charge in [0.2, 0.25) is 10.0 Å². The van der Waals surface area contributed by atoms with Crippen LogP contribution in [0.1, 0.15) is 18.9 Å². The molecule has 0 radical (unpaired) electrons. The summed E-state index contributed by atoms with van der Waals surface area (Å²) in [5.74, 6) is -0.779. The van der Waals surface area contributed by atoms with Crippen molar-refractivity contribution in [2.24, 2.45) is 0 Å². The topological polar surface area (TPSA) is 60.9 Å². The number of nitrogens with zero attached hydrogens (tertiary/aromatic N) is 2. The SMILES string of the molecule is CCC1CN(S(=O)(=O)c2cc(CO)ccc2F)CCN1C. The first-order chi connectivity index (χ1) is 9.90. The standard InChI is InChI=1S/C14H21FN2O3S/c1-3-12-9-17(7-6-16(12)2)21(19,20)14-8-11(10-18)4-5-13(14)15/h4-5,8,12,18H,3,6-7,9-10H2,1-2H3. The molecule has 2 rings (SSSR count). The first-order valence-corrected chi connectivity index (χ1v) is 8.43. The summed E-state index contributed by atoms with van der Waals surface area (Å²) in [7, 11) is -1.91. The van der Waals surface area contributed by atoms with Crippen LogP contribution in [-0.4, -0.2) is 55.5 Å². The number of sulfonamides is 1. The lowest BCUT2D eigenvalue weighted by atomic mass is 10.1. The summed E-state index contributed by atoms with van der Waals surface area (Å²) in [5, 5.41) is 9.11. The lowest BCUT2D eigenvalue weighted by Gasteiger charge is -2.38. The second kappa shape index (κ2) is 6.39. The van der Waals surface area contributed by atoms with Gasteiger partial charge in [0.25, 0.3) is 0 Å². The maximum Gasteiger partial charge on any atom is 0.246 e. The Kier molecular flexibility index (Phi) is 4.98. The molecule has 0 bridgehead atoms. The average Bonchev–Trinajstić information content (AvgIpc) is 2.47.